The topological polar surface area (TPSA) is 105 Å². The van der Waals surface area contributed by atoms with Gasteiger partial charge in [-0.15, -0.1) is 0 Å². The van der Waals surface area contributed by atoms with E-state index in [-0.39, 0.29) is 31.0 Å². The van der Waals surface area contributed by atoms with Crippen molar-refractivity contribution in [2.24, 2.45) is 5.92 Å². The minimum Gasteiger partial charge on any atom is -0.480 e. The number of benzene rings is 2. The van der Waals surface area contributed by atoms with Crippen molar-refractivity contribution >= 4 is 18.0 Å². The van der Waals surface area contributed by atoms with Gasteiger partial charge in [0.05, 0.1) is 13.1 Å². The molecular formula is C27H32N2O6. The Hall–Kier alpha value is -3.39. The van der Waals surface area contributed by atoms with Gasteiger partial charge in [0.2, 0.25) is 5.91 Å². The molecule has 4 rings (SSSR count). The summed E-state index contributed by atoms with van der Waals surface area (Å²) >= 11 is 0. The summed E-state index contributed by atoms with van der Waals surface area (Å²) in [6, 6.07) is 16.4. The summed E-state index contributed by atoms with van der Waals surface area (Å²) in [4.78, 5) is 37.4. The summed E-state index contributed by atoms with van der Waals surface area (Å²) in [6.45, 7) is 4.74. The van der Waals surface area contributed by atoms with Crippen LogP contribution in [-0.2, 0) is 19.1 Å². The maximum atomic E-state index is 12.6. The molecule has 8 nitrogen and oxygen atoms in total. The predicted octanol–water partition coefficient (Wildman–Crippen LogP) is 3.64. The maximum Gasteiger partial charge on any atom is 0.407 e. The summed E-state index contributed by atoms with van der Waals surface area (Å²) in [5.41, 5.74) is 4.06. The van der Waals surface area contributed by atoms with Crippen LogP contribution in [0.3, 0.4) is 0 Å². The number of alkyl carbamates (subject to hydrolysis) is 1. The Kier molecular flexibility index (Phi) is 7.40. The van der Waals surface area contributed by atoms with Crippen molar-refractivity contribution in [1.29, 1.82) is 0 Å². The van der Waals surface area contributed by atoms with Crippen LogP contribution in [0.1, 0.15) is 43.7 Å². The standard InChI is InChI=1S/C27H32N2O6/c1-3-18(12-24(30)29-16-27(2,17-29)35-15-25(31)32)13-28-26(33)34-14-23-21-10-6-4-8-19(21)20-9-5-7-11-22(20)23/h4-11,18,23H,3,12-17H2,1-2H3,(H,28,33)(H,31,32). The Bertz CT molecular complexity index is 1050. The number of ether oxygens (including phenoxy) is 2. The fourth-order valence-electron chi connectivity index (χ4n) is 4.88. The van der Waals surface area contributed by atoms with Gasteiger partial charge in [0, 0.05) is 18.9 Å². The van der Waals surface area contributed by atoms with Crippen LogP contribution >= 0.6 is 0 Å². The van der Waals surface area contributed by atoms with Crippen molar-refractivity contribution in [3.05, 3.63) is 59.7 Å². The Morgan fingerprint density at radius 1 is 1.09 bits per heavy atom. The first-order valence-electron chi connectivity index (χ1n) is 12.0. The predicted molar refractivity (Wildman–Crippen MR) is 130 cm³/mol. The van der Waals surface area contributed by atoms with E-state index in [1.54, 1.807) is 11.8 Å². The van der Waals surface area contributed by atoms with E-state index in [4.69, 9.17) is 14.6 Å². The van der Waals surface area contributed by atoms with Gasteiger partial charge in [-0.05, 0) is 35.1 Å². The van der Waals surface area contributed by atoms with Crippen molar-refractivity contribution < 1.29 is 29.0 Å². The van der Waals surface area contributed by atoms with Crippen LogP contribution in [0.15, 0.2) is 48.5 Å². The Morgan fingerprint density at radius 2 is 1.69 bits per heavy atom. The van der Waals surface area contributed by atoms with Crippen molar-refractivity contribution in [3.8, 4) is 11.1 Å². The molecule has 1 aliphatic carbocycles. The number of carboxylic acid groups (broad SMARTS) is 1. The third kappa shape index (κ3) is 5.65. The largest absolute Gasteiger partial charge is 0.480 e. The molecule has 2 N–H and O–H groups in total. The van der Waals surface area contributed by atoms with Crippen LogP contribution in [0.25, 0.3) is 11.1 Å². The van der Waals surface area contributed by atoms with Crippen LogP contribution in [0.4, 0.5) is 4.79 Å². The van der Waals surface area contributed by atoms with E-state index in [1.807, 2.05) is 31.2 Å². The third-order valence-electron chi connectivity index (χ3n) is 6.87. The van der Waals surface area contributed by atoms with Gasteiger partial charge in [-0.2, -0.15) is 0 Å². The Labute approximate surface area is 205 Å². The normalized spacial score (nSPS) is 16.6. The Morgan fingerprint density at radius 3 is 2.26 bits per heavy atom. The highest BCUT2D eigenvalue weighted by molar-refractivity contribution is 5.79. The number of hydrogen-bond acceptors (Lipinski definition) is 5. The fourth-order valence-corrected chi connectivity index (χ4v) is 4.88. The first kappa shape index (κ1) is 24.7. The molecule has 2 amide bonds. The summed E-state index contributed by atoms with van der Waals surface area (Å²) < 4.78 is 10.9. The highest BCUT2D eigenvalue weighted by Crippen LogP contribution is 2.44. The lowest BCUT2D eigenvalue weighted by atomic mass is 9.93. The smallest absolute Gasteiger partial charge is 0.407 e. The lowest BCUT2D eigenvalue weighted by Crippen LogP contribution is -2.63. The average Bonchev–Trinajstić information content (AvgIpc) is 3.15. The van der Waals surface area contributed by atoms with Gasteiger partial charge in [-0.3, -0.25) is 4.79 Å². The molecule has 1 aliphatic heterocycles. The molecule has 2 aliphatic rings. The van der Waals surface area contributed by atoms with E-state index in [0.29, 0.717) is 26.1 Å². The molecule has 8 heteroatoms. The van der Waals surface area contributed by atoms with E-state index in [1.165, 1.54) is 11.1 Å². The van der Waals surface area contributed by atoms with E-state index < -0.39 is 17.7 Å². The number of aliphatic carboxylic acids is 1. The number of rotatable bonds is 10. The summed E-state index contributed by atoms with van der Waals surface area (Å²) in [5.74, 6) is -1.07. The molecule has 0 aromatic heterocycles. The second-order valence-electron chi connectivity index (χ2n) is 9.57. The highest BCUT2D eigenvalue weighted by atomic mass is 16.5. The lowest BCUT2D eigenvalue weighted by Gasteiger charge is -2.47. The van der Waals surface area contributed by atoms with Crippen molar-refractivity contribution in [2.75, 3.05) is 32.8 Å². The van der Waals surface area contributed by atoms with Gasteiger partial charge < -0.3 is 24.8 Å². The van der Waals surface area contributed by atoms with Crippen LogP contribution < -0.4 is 5.32 Å². The molecule has 0 radical (unpaired) electrons. The molecule has 0 saturated carbocycles. The van der Waals surface area contributed by atoms with Gasteiger partial charge in [-0.1, -0.05) is 61.9 Å². The van der Waals surface area contributed by atoms with Crippen LogP contribution in [0, 0.1) is 5.92 Å². The zero-order valence-corrected chi connectivity index (χ0v) is 20.2. The van der Waals surface area contributed by atoms with Gasteiger partial charge >= 0.3 is 12.1 Å². The number of hydrogen-bond donors (Lipinski definition) is 2. The minimum atomic E-state index is -1.03. The summed E-state index contributed by atoms with van der Waals surface area (Å²) in [6.07, 6.45) is 0.543. The third-order valence-corrected chi connectivity index (χ3v) is 6.87. The van der Waals surface area contributed by atoms with Gasteiger partial charge in [0.25, 0.3) is 0 Å². The number of nitrogens with one attached hydrogen (secondary N) is 1. The SMILES string of the molecule is CCC(CNC(=O)OCC1c2ccccc2-c2ccccc21)CC(=O)N1CC(C)(OCC(=O)O)C1. The molecule has 186 valence electrons. The van der Waals surface area contributed by atoms with E-state index in [0.717, 1.165) is 17.5 Å². The average molecular weight is 481 g/mol. The van der Waals surface area contributed by atoms with E-state index in [2.05, 4.69) is 29.6 Å². The molecule has 1 atom stereocenters. The molecule has 35 heavy (non-hydrogen) atoms. The molecule has 0 spiro atoms. The van der Waals surface area contributed by atoms with Crippen LogP contribution in [0.2, 0.25) is 0 Å². The summed E-state index contributed by atoms with van der Waals surface area (Å²) in [7, 11) is 0. The molecule has 1 fully saturated rings. The quantitative estimate of drug-likeness (QED) is 0.538. The van der Waals surface area contributed by atoms with Crippen molar-refractivity contribution in [1.82, 2.24) is 10.2 Å². The van der Waals surface area contributed by atoms with Gasteiger partial charge in [-0.25, -0.2) is 9.59 Å². The second kappa shape index (κ2) is 10.5. The van der Waals surface area contributed by atoms with Gasteiger partial charge in [0.15, 0.2) is 0 Å². The Balaban J connectivity index is 1.23. The zero-order chi connectivity index (χ0) is 25.0. The van der Waals surface area contributed by atoms with Crippen molar-refractivity contribution in [2.45, 2.75) is 38.2 Å². The number of carbonyl (C=O) groups is 3. The number of likely N-dealkylation sites (tertiary alicyclic amines) is 1. The maximum absolute atomic E-state index is 12.6. The lowest BCUT2D eigenvalue weighted by molar-refractivity contribution is -0.173. The number of fused-ring (bicyclic) bond motifs is 3. The molecule has 2 aromatic carbocycles. The molecule has 0 bridgehead atoms. The second-order valence-corrected chi connectivity index (χ2v) is 9.57. The zero-order valence-electron chi connectivity index (χ0n) is 20.2. The van der Waals surface area contributed by atoms with Gasteiger partial charge in [0.1, 0.15) is 18.8 Å². The molecule has 1 unspecified atom stereocenters. The van der Waals surface area contributed by atoms with E-state index in [9.17, 15) is 14.4 Å². The fraction of sp³-hybridized carbons (Fsp3) is 0.444. The monoisotopic (exact) mass is 480 g/mol. The molecule has 1 heterocycles. The number of carboxylic acids is 1. The number of carbonyl (C=O) groups excluding carboxylic acids is 2. The minimum absolute atomic E-state index is 0.000716. The molecule has 1 saturated heterocycles. The first-order valence-corrected chi connectivity index (χ1v) is 12.0. The number of amides is 2. The highest BCUT2D eigenvalue weighted by Gasteiger charge is 2.42. The van der Waals surface area contributed by atoms with Crippen molar-refractivity contribution in [3.63, 3.8) is 0 Å². The molecule has 2 aromatic rings. The van der Waals surface area contributed by atoms with Crippen LogP contribution in [0.5, 0.6) is 0 Å². The number of nitrogens with zero attached hydrogens (tertiary/aromatic N) is 1. The van der Waals surface area contributed by atoms with E-state index >= 15 is 0 Å². The first-order chi connectivity index (χ1) is 16.8. The van der Waals surface area contributed by atoms with Crippen LogP contribution in [-0.4, -0.2) is 66.4 Å². The summed E-state index contributed by atoms with van der Waals surface area (Å²) in [5, 5.41) is 11.6. The molecular weight excluding hydrogens is 448 g/mol.